The fourth-order valence-corrected chi connectivity index (χ4v) is 3.53. The minimum absolute atomic E-state index is 0.279. The summed E-state index contributed by atoms with van der Waals surface area (Å²) in [5.41, 5.74) is 1.03. The van der Waals surface area contributed by atoms with Crippen LogP contribution in [0.25, 0.3) is 10.2 Å². The van der Waals surface area contributed by atoms with Crippen molar-refractivity contribution in [2.75, 3.05) is 6.61 Å². The van der Waals surface area contributed by atoms with Crippen molar-refractivity contribution in [1.29, 1.82) is 5.26 Å². The Morgan fingerprint density at radius 1 is 1.40 bits per heavy atom. The molecule has 0 aliphatic rings. The van der Waals surface area contributed by atoms with E-state index in [2.05, 4.69) is 17.6 Å². The SMILES string of the molecule is C=CCOc1ccccc1C(=O)C(C#N)c1nc2cc(Cl)ccc2s1. The quantitative estimate of drug-likeness (QED) is 0.453. The number of fused-ring (bicyclic) bond motifs is 1. The van der Waals surface area contributed by atoms with Crippen LogP contribution in [0.1, 0.15) is 21.3 Å². The lowest BCUT2D eigenvalue weighted by atomic mass is 9.98. The molecule has 1 heterocycles. The van der Waals surface area contributed by atoms with Crippen molar-refractivity contribution >= 4 is 38.9 Å². The van der Waals surface area contributed by atoms with E-state index in [1.165, 1.54) is 11.3 Å². The summed E-state index contributed by atoms with van der Waals surface area (Å²) in [6.45, 7) is 3.88. The third kappa shape index (κ3) is 3.55. The number of ketones is 1. The van der Waals surface area contributed by atoms with E-state index in [0.717, 1.165) is 4.70 Å². The van der Waals surface area contributed by atoms with Crippen LogP contribution in [0.4, 0.5) is 0 Å². The van der Waals surface area contributed by atoms with Gasteiger partial charge < -0.3 is 4.74 Å². The number of para-hydroxylation sites is 1. The number of aromatic nitrogens is 1. The number of hydrogen-bond acceptors (Lipinski definition) is 5. The van der Waals surface area contributed by atoms with Crippen LogP contribution in [0.5, 0.6) is 5.75 Å². The number of Topliss-reactive ketones (excluding diaryl/α,β-unsaturated/α-hetero) is 1. The molecule has 1 unspecified atom stereocenters. The summed E-state index contributed by atoms with van der Waals surface area (Å²) in [5.74, 6) is -0.909. The first-order chi connectivity index (χ1) is 12.1. The Hall–Kier alpha value is -2.68. The van der Waals surface area contributed by atoms with Gasteiger partial charge in [0.25, 0.3) is 0 Å². The van der Waals surface area contributed by atoms with Crippen LogP contribution in [-0.2, 0) is 0 Å². The molecule has 2 aromatic carbocycles. The molecule has 3 rings (SSSR count). The normalized spacial score (nSPS) is 11.7. The molecule has 0 saturated carbocycles. The van der Waals surface area contributed by atoms with Gasteiger partial charge in [-0.2, -0.15) is 5.26 Å². The van der Waals surface area contributed by atoms with E-state index >= 15 is 0 Å². The van der Waals surface area contributed by atoms with Gasteiger partial charge in [0.2, 0.25) is 0 Å². The smallest absolute Gasteiger partial charge is 0.190 e. The zero-order valence-corrected chi connectivity index (χ0v) is 14.7. The zero-order valence-electron chi connectivity index (χ0n) is 13.1. The van der Waals surface area contributed by atoms with Crippen molar-refractivity contribution in [3.05, 3.63) is 70.7 Å². The number of nitrogens with zero attached hydrogens (tertiary/aromatic N) is 2. The van der Waals surface area contributed by atoms with Crippen LogP contribution in [0, 0.1) is 11.3 Å². The van der Waals surface area contributed by atoms with Gasteiger partial charge in [0.05, 0.1) is 21.8 Å². The highest BCUT2D eigenvalue weighted by Gasteiger charge is 2.27. The van der Waals surface area contributed by atoms with Crippen molar-refractivity contribution in [2.45, 2.75) is 5.92 Å². The minimum atomic E-state index is -0.996. The predicted molar refractivity (Wildman–Crippen MR) is 99.4 cm³/mol. The van der Waals surface area contributed by atoms with Crippen molar-refractivity contribution in [3.8, 4) is 11.8 Å². The molecular formula is C19H13ClN2O2S. The van der Waals surface area contributed by atoms with E-state index in [1.807, 2.05) is 6.07 Å². The lowest BCUT2D eigenvalue weighted by Gasteiger charge is -2.11. The van der Waals surface area contributed by atoms with E-state index in [9.17, 15) is 10.1 Å². The average Bonchev–Trinajstić information content (AvgIpc) is 3.03. The van der Waals surface area contributed by atoms with Gasteiger partial charge in [-0.1, -0.05) is 36.4 Å². The second-order valence-corrected chi connectivity index (χ2v) is 6.69. The van der Waals surface area contributed by atoms with Gasteiger partial charge in [0.1, 0.15) is 17.4 Å². The van der Waals surface area contributed by atoms with Crippen LogP contribution < -0.4 is 4.74 Å². The maximum Gasteiger partial charge on any atom is 0.190 e. The zero-order chi connectivity index (χ0) is 17.8. The van der Waals surface area contributed by atoms with Gasteiger partial charge in [0, 0.05) is 5.02 Å². The number of carbonyl (C=O) groups excluding carboxylic acids is 1. The summed E-state index contributed by atoms with van der Waals surface area (Å²) in [6, 6.07) is 14.2. The molecular weight excluding hydrogens is 356 g/mol. The number of ether oxygens (including phenoxy) is 1. The van der Waals surface area contributed by atoms with E-state index in [-0.39, 0.29) is 12.4 Å². The first-order valence-corrected chi connectivity index (χ1v) is 8.66. The van der Waals surface area contributed by atoms with Crippen LogP contribution in [0.2, 0.25) is 5.02 Å². The molecule has 1 aromatic heterocycles. The Kier molecular flexibility index (Phi) is 5.13. The molecule has 0 fully saturated rings. The molecule has 0 aliphatic carbocycles. The molecule has 124 valence electrons. The van der Waals surface area contributed by atoms with Crippen LogP contribution in [0.3, 0.4) is 0 Å². The first-order valence-electron chi connectivity index (χ1n) is 7.46. The number of thiazole rings is 1. The summed E-state index contributed by atoms with van der Waals surface area (Å²) >= 11 is 7.29. The first kappa shape index (κ1) is 17.2. The Morgan fingerprint density at radius 3 is 2.96 bits per heavy atom. The van der Waals surface area contributed by atoms with Gasteiger partial charge in [-0.05, 0) is 30.3 Å². The van der Waals surface area contributed by atoms with E-state index in [1.54, 1.807) is 42.5 Å². The van der Waals surface area contributed by atoms with Crippen molar-refractivity contribution in [2.24, 2.45) is 0 Å². The Balaban J connectivity index is 1.99. The second kappa shape index (κ2) is 7.47. The van der Waals surface area contributed by atoms with E-state index in [4.69, 9.17) is 16.3 Å². The number of halogens is 1. The van der Waals surface area contributed by atoms with E-state index < -0.39 is 5.92 Å². The third-order valence-corrected chi connectivity index (χ3v) is 4.85. The van der Waals surface area contributed by atoms with Gasteiger partial charge >= 0.3 is 0 Å². The fraction of sp³-hybridized carbons (Fsp3) is 0.105. The summed E-state index contributed by atoms with van der Waals surface area (Å²) in [7, 11) is 0. The highest BCUT2D eigenvalue weighted by Crippen LogP contribution is 2.32. The number of hydrogen-bond donors (Lipinski definition) is 0. The topological polar surface area (TPSA) is 63.0 Å². The van der Waals surface area contributed by atoms with Crippen LogP contribution >= 0.6 is 22.9 Å². The fourth-order valence-electron chi connectivity index (χ4n) is 2.37. The van der Waals surface area contributed by atoms with Crippen molar-refractivity contribution in [3.63, 3.8) is 0 Å². The number of benzene rings is 2. The van der Waals surface area contributed by atoms with Crippen molar-refractivity contribution in [1.82, 2.24) is 4.98 Å². The molecule has 0 N–H and O–H groups in total. The molecule has 1 atom stereocenters. The highest BCUT2D eigenvalue weighted by atomic mass is 35.5. The molecule has 0 aliphatic heterocycles. The van der Waals surface area contributed by atoms with E-state index in [0.29, 0.717) is 26.9 Å². The lowest BCUT2D eigenvalue weighted by Crippen LogP contribution is -2.13. The second-order valence-electron chi connectivity index (χ2n) is 5.19. The molecule has 0 radical (unpaired) electrons. The maximum atomic E-state index is 12.9. The molecule has 0 amide bonds. The van der Waals surface area contributed by atoms with Gasteiger partial charge in [-0.25, -0.2) is 4.98 Å². The molecule has 0 bridgehead atoms. The molecule has 3 aromatic rings. The van der Waals surface area contributed by atoms with Crippen LogP contribution in [-0.4, -0.2) is 17.4 Å². The molecule has 6 heteroatoms. The van der Waals surface area contributed by atoms with Crippen molar-refractivity contribution < 1.29 is 9.53 Å². The van der Waals surface area contributed by atoms with Crippen LogP contribution in [0.15, 0.2) is 55.1 Å². The molecule has 25 heavy (non-hydrogen) atoms. The maximum absolute atomic E-state index is 12.9. The summed E-state index contributed by atoms with van der Waals surface area (Å²) in [6.07, 6.45) is 1.60. The summed E-state index contributed by atoms with van der Waals surface area (Å²) in [5, 5.41) is 10.6. The number of nitriles is 1. The summed E-state index contributed by atoms with van der Waals surface area (Å²) < 4.78 is 6.41. The number of carbonyl (C=O) groups is 1. The molecule has 4 nitrogen and oxygen atoms in total. The third-order valence-electron chi connectivity index (χ3n) is 3.51. The lowest BCUT2D eigenvalue weighted by molar-refractivity contribution is 0.0975. The minimum Gasteiger partial charge on any atom is -0.489 e. The summed E-state index contributed by atoms with van der Waals surface area (Å²) in [4.78, 5) is 17.3. The van der Waals surface area contributed by atoms with Gasteiger partial charge in [-0.15, -0.1) is 11.3 Å². The molecule has 0 spiro atoms. The Morgan fingerprint density at radius 2 is 2.20 bits per heavy atom. The number of rotatable bonds is 6. The Labute approximate surface area is 154 Å². The molecule has 0 saturated heterocycles. The van der Waals surface area contributed by atoms with Gasteiger partial charge in [0.15, 0.2) is 11.7 Å². The largest absolute Gasteiger partial charge is 0.489 e. The Bertz CT molecular complexity index is 990. The average molecular weight is 369 g/mol. The predicted octanol–water partition coefficient (Wildman–Crippen LogP) is 5.00. The van der Waals surface area contributed by atoms with Gasteiger partial charge in [-0.3, -0.25) is 4.79 Å². The monoisotopic (exact) mass is 368 g/mol. The highest BCUT2D eigenvalue weighted by molar-refractivity contribution is 7.18. The standard InChI is InChI=1S/C19H13ClN2O2S/c1-2-9-24-16-6-4-3-5-13(16)18(23)14(11-21)19-22-15-10-12(20)7-8-17(15)25-19/h2-8,10,14H,1,9H2.